The average Bonchev–Trinajstić information content (AvgIpc) is 2.41. The molecule has 0 fully saturated rings. The zero-order valence-electron chi connectivity index (χ0n) is 5.69. The second kappa shape index (κ2) is 5.43. The first-order valence-corrected chi connectivity index (χ1v) is 3.65. The lowest BCUT2D eigenvalue weighted by molar-refractivity contribution is -0.135. The number of amides is 2. The number of primary amides is 2. The van der Waals surface area contributed by atoms with Crippen LogP contribution in [0.2, 0.25) is 0 Å². The number of carbonyl (C=O) groups is 2. The number of hydrogen-bond acceptors (Lipinski definition) is 3. The Balaban J connectivity index is 0.000000183. The van der Waals surface area contributed by atoms with E-state index in [9.17, 15) is 9.59 Å². The Labute approximate surface area is 67.8 Å². The first kappa shape index (κ1) is 9.64. The molecule has 0 aliphatic carbocycles. The van der Waals surface area contributed by atoms with Crippen LogP contribution in [0.15, 0.2) is 22.9 Å². The van der Waals surface area contributed by atoms with E-state index >= 15 is 0 Å². The van der Waals surface area contributed by atoms with Crippen LogP contribution in [0, 0.1) is 0 Å². The third kappa shape index (κ3) is 6.53. The van der Waals surface area contributed by atoms with Crippen LogP contribution in [-0.2, 0) is 9.59 Å². The van der Waals surface area contributed by atoms with Gasteiger partial charge in [0.05, 0.1) is 0 Å². The minimum absolute atomic E-state index is 1.10. The molecule has 0 unspecified atom stereocenters. The Bertz CT molecular complexity index is 191. The van der Waals surface area contributed by atoms with Crippen LogP contribution < -0.4 is 11.5 Å². The Hall–Kier alpha value is -1.36. The molecule has 0 saturated carbocycles. The summed E-state index contributed by atoms with van der Waals surface area (Å²) in [6.45, 7) is 0. The molecule has 4 nitrogen and oxygen atoms in total. The summed E-state index contributed by atoms with van der Waals surface area (Å²) in [5, 5.41) is 4.08. The molecular weight excluding hydrogens is 164 g/mol. The van der Waals surface area contributed by atoms with Crippen LogP contribution in [0.4, 0.5) is 0 Å². The molecule has 0 aliphatic rings. The van der Waals surface area contributed by atoms with E-state index in [4.69, 9.17) is 0 Å². The van der Waals surface area contributed by atoms with E-state index in [0.717, 1.165) is 0 Å². The van der Waals surface area contributed by atoms with Crippen molar-refractivity contribution in [1.29, 1.82) is 0 Å². The van der Waals surface area contributed by atoms with Gasteiger partial charge in [0.1, 0.15) is 0 Å². The van der Waals surface area contributed by atoms with Crippen molar-refractivity contribution in [1.82, 2.24) is 0 Å². The smallest absolute Gasteiger partial charge is 0.306 e. The quantitative estimate of drug-likeness (QED) is 0.526. The lowest BCUT2D eigenvalue weighted by Crippen LogP contribution is -2.29. The maximum absolute atomic E-state index is 9.45. The van der Waals surface area contributed by atoms with E-state index in [1.165, 1.54) is 0 Å². The van der Waals surface area contributed by atoms with Gasteiger partial charge < -0.3 is 11.5 Å². The van der Waals surface area contributed by atoms with Crippen molar-refractivity contribution in [3.05, 3.63) is 22.9 Å². The molecule has 0 aromatic carbocycles. The lowest BCUT2D eigenvalue weighted by Gasteiger charge is -1.75. The third-order valence-corrected chi connectivity index (χ3v) is 1.30. The van der Waals surface area contributed by atoms with E-state index < -0.39 is 11.8 Å². The summed E-state index contributed by atoms with van der Waals surface area (Å²) in [7, 11) is 0. The predicted molar refractivity (Wildman–Crippen MR) is 42.7 cm³/mol. The van der Waals surface area contributed by atoms with Gasteiger partial charge in [0.25, 0.3) is 0 Å². The maximum Gasteiger partial charge on any atom is 0.306 e. The SMILES string of the molecule is NC(=O)C(N)=O.c1ccsc1. The Morgan fingerprint density at radius 2 is 1.36 bits per heavy atom. The predicted octanol–water partition coefficient (Wildman–Crippen LogP) is -0.295. The molecular formula is C6H8N2O2S. The van der Waals surface area contributed by atoms with Gasteiger partial charge in [-0.05, 0) is 10.8 Å². The zero-order valence-corrected chi connectivity index (χ0v) is 6.51. The van der Waals surface area contributed by atoms with E-state index in [-0.39, 0.29) is 0 Å². The zero-order chi connectivity index (χ0) is 8.69. The summed E-state index contributed by atoms with van der Waals surface area (Å²) >= 11 is 1.71. The van der Waals surface area contributed by atoms with Crippen molar-refractivity contribution in [2.45, 2.75) is 0 Å². The maximum atomic E-state index is 9.45. The molecule has 1 aromatic rings. The van der Waals surface area contributed by atoms with Gasteiger partial charge in [0, 0.05) is 0 Å². The third-order valence-electron chi connectivity index (χ3n) is 0.668. The molecule has 0 aliphatic heterocycles. The first-order chi connectivity index (χ1) is 5.14. The van der Waals surface area contributed by atoms with Gasteiger partial charge in [0.15, 0.2) is 0 Å². The fourth-order valence-electron chi connectivity index (χ4n) is 0.227. The normalized spacial score (nSPS) is 7.64. The standard InChI is InChI=1S/C4H4S.C2H4N2O2/c1-2-4-5-3-1;3-1(5)2(4)6/h1-4H;(H2,3,5)(H2,4,6). The van der Waals surface area contributed by atoms with Crippen molar-refractivity contribution >= 4 is 23.2 Å². The van der Waals surface area contributed by atoms with Gasteiger partial charge >= 0.3 is 11.8 Å². The van der Waals surface area contributed by atoms with Crippen molar-refractivity contribution < 1.29 is 9.59 Å². The van der Waals surface area contributed by atoms with Crippen LogP contribution in [0.5, 0.6) is 0 Å². The van der Waals surface area contributed by atoms with Gasteiger partial charge in [-0.3, -0.25) is 9.59 Å². The van der Waals surface area contributed by atoms with Crippen LogP contribution >= 0.6 is 11.3 Å². The first-order valence-electron chi connectivity index (χ1n) is 2.71. The van der Waals surface area contributed by atoms with Crippen LogP contribution in [0.25, 0.3) is 0 Å². The molecule has 0 spiro atoms. The van der Waals surface area contributed by atoms with Gasteiger partial charge in [0.2, 0.25) is 0 Å². The molecule has 0 bridgehead atoms. The number of thiophene rings is 1. The lowest BCUT2D eigenvalue weighted by atomic mass is 10.6. The van der Waals surface area contributed by atoms with Gasteiger partial charge in [-0.2, -0.15) is 11.3 Å². The Morgan fingerprint density at radius 1 is 1.00 bits per heavy atom. The molecule has 0 radical (unpaired) electrons. The highest BCUT2D eigenvalue weighted by Crippen LogP contribution is 1.91. The summed E-state index contributed by atoms with van der Waals surface area (Å²) in [5.41, 5.74) is 8.64. The molecule has 1 heterocycles. The summed E-state index contributed by atoms with van der Waals surface area (Å²) in [6.07, 6.45) is 0. The highest BCUT2D eigenvalue weighted by Gasteiger charge is 1.96. The fourth-order valence-corrected chi connectivity index (χ4v) is 0.680. The Morgan fingerprint density at radius 3 is 1.45 bits per heavy atom. The van der Waals surface area contributed by atoms with E-state index in [0.29, 0.717) is 0 Å². The molecule has 60 valence electrons. The molecule has 1 aromatic heterocycles. The van der Waals surface area contributed by atoms with Gasteiger partial charge in [-0.1, -0.05) is 12.1 Å². The number of carbonyl (C=O) groups excluding carboxylic acids is 2. The summed E-state index contributed by atoms with van der Waals surface area (Å²) < 4.78 is 0. The average molecular weight is 172 g/mol. The molecule has 5 heteroatoms. The van der Waals surface area contributed by atoms with E-state index in [1.807, 2.05) is 22.9 Å². The molecule has 0 saturated heterocycles. The van der Waals surface area contributed by atoms with Crippen LogP contribution in [0.1, 0.15) is 0 Å². The van der Waals surface area contributed by atoms with Gasteiger partial charge in [-0.15, -0.1) is 0 Å². The van der Waals surface area contributed by atoms with Crippen molar-refractivity contribution in [3.8, 4) is 0 Å². The fraction of sp³-hybridized carbons (Fsp3) is 0. The monoisotopic (exact) mass is 172 g/mol. The Kier molecular flexibility index (Phi) is 4.76. The van der Waals surface area contributed by atoms with Crippen molar-refractivity contribution in [3.63, 3.8) is 0 Å². The topological polar surface area (TPSA) is 86.2 Å². The molecule has 1 rings (SSSR count). The molecule has 0 atom stereocenters. The molecule has 2 amide bonds. The number of hydrogen-bond donors (Lipinski definition) is 2. The summed E-state index contributed by atoms with van der Waals surface area (Å²) in [5.74, 6) is -2.20. The highest BCUT2D eigenvalue weighted by atomic mass is 32.1. The minimum Gasteiger partial charge on any atom is -0.361 e. The largest absolute Gasteiger partial charge is 0.361 e. The molecule has 4 N–H and O–H groups in total. The second-order valence-corrected chi connectivity index (χ2v) is 2.34. The highest BCUT2D eigenvalue weighted by molar-refractivity contribution is 7.07. The number of nitrogens with two attached hydrogens (primary N) is 2. The van der Waals surface area contributed by atoms with E-state index in [2.05, 4.69) is 11.5 Å². The summed E-state index contributed by atoms with van der Waals surface area (Å²) in [6, 6.07) is 4.04. The van der Waals surface area contributed by atoms with E-state index in [1.54, 1.807) is 11.3 Å². The van der Waals surface area contributed by atoms with Crippen LogP contribution in [-0.4, -0.2) is 11.8 Å². The van der Waals surface area contributed by atoms with Crippen LogP contribution in [0.3, 0.4) is 0 Å². The van der Waals surface area contributed by atoms with Crippen molar-refractivity contribution in [2.24, 2.45) is 11.5 Å². The minimum atomic E-state index is -1.10. The second-order valence-electron chi connectivity index (χ2n) is 1.52. The summed E-state index contributed by atoms with van der Waals surface area (Å²) in [4.78, 5) is 18.9. The molecule has 11 heavy (non-hydrogen) atoms. The van der Waals surface area contributed by atoms with Gasteiger partial charge in [-0.25, -0.2) is 0 Å². The van der Waals surface area contributed by atoms with Crippen molar-refractivity contribution in [2.75, 3.05) is 0 Å². The number of rotatable bonds is 0.